The molecule has 8 nitrogen and oxygen atoms in total. The maximum atomic E-state index is 12.9. The highest BCUT2D eigenvalue weighted by molar-refractivity contribution is 7.51. The summed E-state index contributed by atoms with van der Waals surface area (Å²) in [6, 6.07) is 14.9. The van der Waals surface area contributed by atoms with Gasteiger partial charge in [-0.25, -0.2) is 9.59 Å². The highest BCUT2D eigenvalue weighted by Crippen LogP contribution is 2.35. The number of ether oxygens (including phenoxy) is 1. The fraction of sp³-hybridized carbons (Fsp3) is 0.391. The predicted molar refractivity (Wildman–Crippen MR) is 122 cm³/mol. The van der Waals surface area contributed by atoms with Gasteiger partial charge in [-0.15, -0.1) is 0 Å². The average molecular weight is 462 g/mol. The Hall–Kier alpha value is -2.67. The Balaban J connectivity index is 2.19. The molecule has 0 spiro atoms. The van der Waals surface area contributed by atoms with Crippen molar-refractivity contribution in [3.05, 3.63) is 71.3 Å². The minimum Gasteiger partial charge on any atom is -0.459 e. The Morgan fingerprint density at radius 1 is 1.06 bits per heavy atom. The third kappa shape index (κ3) is 8.83. The smallest absolute Gasteiger partial charge is 0.344 e. The summed E-state index contributed by atoms with van der Waals surface area (Å²) in [5.41, 5.74) is 2.63. The van der Waals surface area contributed by atoms with Gasteiger partial charge in [-0.2, -0.15) is 0 Å². The van der Waals surface area contributed by atoms with Gasteiger partial charge in [0.1, 0.15) is 18.9 Å². The van der Waals surface area contributed by atoms with Crippen LogP contribution in [0, 0.1) is 12.8 Å². The highest BCUT2D eigenvalue weighted by atomic mass is 31.2. The van der Waals surface area contributed by atoms with Gasteiger partial charge in [0, 0.05) is 13.0 Å². The van der Waals surface area contributed by atoms with Gasteiger partial charge in [-0.3, -0.25) is 4.57 Å². The Morgan fingerprint density at radius 3 is 2.28 bits per heavy atom. The Kier molecular flexibility index (Phi) is 9.44. The van der Waals surface area contributed by atoms with Crippen molar-refractivity contribution >= 4 is 19.6 Å². The molecule has 0 saturated carbocycles. The standard InChI is InChI=1S/C23H31N2O6P/c1-17(2)14-25(16-32(28,29)30)23(27)24-21(13-20-12-8-7-9-18(20)3)22(26)31-15-19-10-5-4-6-11-19/h4-12,17,21H,13-16H2,1-3H3,(H,24,27)(H2,28,29,30)/t21-/m0/s1. The third-order valence-electron chi connectivity index (χ3n) is 4.72. The second-order valence-corrected chi connectivity index (χ2v) is 9.76. The Bertz CT molecular complexity index is 945. The maximum absolute atomic E-state index is 12.9. The van der Waals surface area contributed by atoms with Crippen molar-refractivity contribution in [3.8, 4) is 0 Å². The van der Waals surface area contributed by atoms with Crippen LogP contribution in [-0.2, 0) is 27.1 Å². The number of amides is 2. The van der Waals surface area contributed by atoms with Gasteiger partial charge in [-0.1, -0.05) is 68.4 Å². The summed E-state index contributed by atoms with van der Waals surface area (Å²) >= 11 is 0. The van der Waals surface area contributed by atoms with Gasteiger partial charge < -0.3 is 24.7 Å². The minimum absolute atomic E-state index is 0.0212. The molecule has 0 aliphatic rings. The van der Waals surface area contributed by atoms with Crippen LogP contribution >= 0.6 is 7.60 Å². The number of urea groups is 1. The second-order valence-electron chi connectivity index (χ2n) is 8.15. The molecule has 0 aliphatic carbocycles. The van der Waals surface area contributed by atoms with Crippen LogP contribution in [0.15, 0.2) is 54.6 Å². The summed E-state index contributed by atoms with van der Waals surface area (Å²) in [6.07, 6.45) is -0.537. The number of rotatable bonds is 10. The first-order valence-corrected chi connectivity index (χ1v) is 12.2. The van der Waals surface area contributed by atoms with Crippen LogP contribution in [0.3, 0.4) is 0 Å². The number of carbonyl (C=O) groups is 2. The van der Waals surface area contributed by atoms with Crippen molar-refractivity contribution in [3.63, 3.8) is 0 Å². The Morgan fingerprint density at radius 2 is 1.69 bits per heavy atom. The summed E-state index contributed by atoms with van der Waals surface area (Å²) in [6.45, 7) is 5.76. The van der Waals surface area contributed by atoms with E-state index in [2.05, 4.69) is 5.32 Å². The minimum atomic E-state index is -4.48. The molecule has 3 N–H and O–H groups in total. The van der Waals surface area contributed by atoms with Crippen LogP contribution in [0.4, 0.5) is 4.79 Å². The molecule has 2 rings (SSSR count). The lowest BCUT2D eigenvalue weighted by Gasteiger charge is -2.27. The second kappa shape index (κ2) is 11.8. The monoisotopic (exact) mass is 462 g/mol. The van der Waals surface area contributed by atoms with Crippen LogP contribution < -0.4 is 5.32 Å². The molecule has 0 unspecified atom stereocenters. The molecule has 0 radical (unpaired) electrons. The van der Waals surface area contributed by atoms with Crippen molar-refractivity contribution in [2.24, 2.45) is 5.92 Å². The van der Waals surface area contributed by atoms with Gasteiger partial charge >= 0.3 is 19.6 Å². The molecular formula is C23H31N2O6P. The predicted octanol–water partition coefficient (Wildman–Crippen LogP) is 3.45. The van der Waals surface area contributed by atoms with Crippen molar-refractivity contribution in [2.75, 3.05) is 12.8 Å². The quantitative estimate of drug-likeness (QED) is 0.368. The third-order valence-corrected chi connectivity index (χ3v) is 5.43. The number of nitrogens with one attached hydrogen (secondary N) is 1. The van der Waals surface area contributed by atoms with Crippen molar-refractivity contribution in [2.45, 2.75) is 39.8 Å². The number of hydrogen-bond donors (Lipinski definition) is 3. The van der Waals surface area contributed by atoms with E-state index in [0.29, 0.717) is 0 Å². The molecule has 1 atom stereocenters. The molecule has 0 aromatic heterocycles. The molecule has 2 amide bonds. The highest BCUT2D eigenvalue weighted by Gasteiger charge is 2.29. The normalized spacial score (nSPS) is 12.3. The van der Waals surface area contributed by atoms with E-state index >= 15 is 0 Å². The van der Waals surface area contributed by atoms with Gasteiger partial charge in [0.25, 0.3) is 0 Å². The molecule has 0 saturated heterocycles. The first-order valence-electron chi connectivity index (χ1n) is 10.4. The molecule has 0 bridgehead atoms. The summed E-state index contributed by atoms with van der Waals surface area (Å²) in [4.78, 5) is 45.6. The summed E-state index contributed by atoms with van der Waals surface area (Å²) in [5.74, 6) is -0.640. The number of hydrogen-bond acceptors (Lipinski definition) is 4. The summed E-state index contributed by atoms with van der Waals surface area (Å²) in [5, 5.41) is 2.63. The van der Waals surface area contributed by atoms with E-state index in [0.717, 1.165) is 21.6 Å². The lowest BCUT2D eigenvalue weighted by atomic mass is 10.0. The number of carbonyl (C=O) groups excluding carboxylic acids is 2. The zero-order valence-corrected chi connectivity index (χ0v) is 19.5. The zero-order chi connectivity index (χ0) is 23.7. The topological polar surface area (TPSA) is 116 Å². The van der Waals surface area contributed by atoms with E-state index in [1.807, 2.05) is 75.4 Å². The molecular weight excluding hydrogens is 431 g/mol. The van der Waals surface area contributed by atoms with Crippen LogP contribution in [0.1, 0.15) is 30.5 Å². The van der Waals surface area contributed by atoms with Crippen LogP contribution in [0.2, 0.25) is 0 Å². The van der Waals surface area contributed by atoms with E-state index in [1.54, 1.807) is 0 Å². The van der Waals surface area contributed by atoms with E-state index in [4.69, 9.17) is 4.74 Å². The van der Waals surface area contributed by atoms with Crippen molar-refractivity contribution < 1.29 is 28.7 Å². The van der Waals surface area contributed by atoms with E-state index in [9.17, 15) is 23.9 Å². The van der Waals surface area contributed by atoms with E-state index in [1.165, 1.54) is 0 Å². The fourth-order valence-corrected chi connectivity index (χ4v) is 3.88. The molecule has 0 heterocycles. The van der Waals surface area contributed by atoms with Crippen molar-refractivity contribution in [1.82, 2.24) is 10.2 Å². The van der Waals surface area contributed by atoms with Crippen LogP contribution in [0.5, 0.6) is 0 Å². The van der Waals surface area contributed by atoms with Crippen LogP contribution in [-0.4, -0.2) is 45.6 Å². The lowest BCUT2D eigenvalue weighted by molar-refractivity contribution is -0.147. The summed E-state index contributed by atoms with van der Waals surface area (Å²) < 4.78 is 17.0. The number of esters is 1. The SMILES string of the molecule is Cc1ccccc1C[C@H](NC(=O)N(CC(C)C)CP(=O)(O)O)C(=O)OCc1ccccc1. The largest absolute Gasteiger partial charge is 0.459 e. The fourth-order valence-electron chi connectivity index (χ4n) is 3.19. The number of nitrogens with zero attached hydrogens (tertiary/aromatic N) is 1. The first kappa shape index (κ1) is 25.6. The molecule has 0 fully saturated rings. The van der Waals surface area contributed by atoms with Gasteiger partial charge in [0.2, 0.25) is 0 Å². The van der Waals surface area contributed by atoms with E-state index < -0.39 is 31.9 Å². The summed E-state index contributed by atoms with van der Waals surface area (Å²) in [7, 11) is -4.48. The average Bonchev–Trinajstić information content (AvgIpc) is 2.72. The van der Waals surface area contributed by atoms with Gasteiger partial charge in [0.05, 0.1) is 0 Å². The molecule has 32 heavy (non-hydrogen) atoms. The maximum Gasteiger partial charge on any atom is 0.344 e. The van der Waals surface area contributed by atoms with Gasteiger partial charge in [0.15, 0.2) is 0 Å². The lowest BCUT2D eigenvalue weighted by Crippen LogP contribution is -2.50. The van der Waals surface area contributed by atoms with E-state index in [-0.39, 0.29) is 25.5 Å². The number of benzene rings is 2. The van der Waals surface area contributed by atoms with Crippen LogP contribution in [0.25, 0.3) is 0 Å². The molecule has 9 heteroatoms. The molecule has 174 valence electrons. The Labute approximate surface area is 188 Å². The first-order chi connectivity index (χ1) is 15.0. The van der Waals surface area contributed by atoms with Gasteiger partial charge in [-0.05, 0) is 29.5 Å². The molecule has 2 aromatic rings. The zero-order valence-electron chi connectivity index (χ0n) is 18.6. The molecule has 0 aliphatic heterocycles. The molecule has 2 aromatic carbocycles. The number of aryl methyl sites for hydroxylation is 1. The van der Waals surface area contributed by atoms with Crippen molar-refractivity contribution in [1.29, 1.82) is 0 Å².